The highest BCUT2D eigenvalue weighted by atomic mass is 16.4. The van der Waals surface area contributed by atoms with Gasteiger partial charge in [-0.3, -0.25) is 9.59 Å². The molecule has 0 radical (unpaired) electrons. The third-order valence-corrected chi connectivity index (χ3v) is 1.59. The van der Waals surface area contributed by atoms with E-state index in [1.165, 1.54) is 5.57 Å². The Morgan fingerprint density at radius 2 is 1.77 bits per heavy atom. The van der Waals surface area contributed by atoms with Crippen molar-refractivity contribution < 1.29 is 14.7 Å². The molecule has 3 nitrogen and oxygen atoms in total. The number of hydrogen-bond donors (Lipinski definition) is 1. The molecule has 0 aromatic heterocycles. The normalized spacial score (nSPS) is 9.38. The van der Waals surface area contributed by atoms with Crippen molar-refractivity contribution in [2.24, 2.45) is 0 Å². The Hall–Kier alpha value is -1.12. The molecule has 1 N–H and O–H groups in total. The summed E-state index contributed by atoms with van der Waals surface area (Å²) >= 11 is 0. The average Bonchev–Trinajstić information content (AvgIpc) is 2.00. The van der Waals surface area contributed by atoms with Crippen LogP contribution in [0.15, 0.2) is 11.6 Å². The molecule has 0 fully saturated rings. The van der Waals surface area contributed by atoms with Gasteiger partial charge in [0.05, 0.1) is 6.42 Å². The summed E-state index contributed by atoms with van der Waals surface area (Å²) in [5.74, 6) is -0.879. The van der Waals surface area contributed by atoms with Crippen LogP contribution < -0.4 is 0 Å². The van der Waals surface area contributed by atoms with Crippen LogP contribution in [0.3, 0.4) is 0 Å². The number of carbonyl (C=O) groups excluding carboxylic acids is 1. The van der Waals surface area contributed by atoms with E-state index in [1.807, 2.05) is 19.9 Å². The van der Waals surface area contributed by atoms with Crippen LogP contribution in [0.5, 0.6) is 0 Å². The lowest BCUT2D eigenvalue weighted by Crippen LogP contribution is -2.02. The van der Waals surface area contributed by atoms with Crippen LogP contribution in [0.4, 0.5) is 0 Å². The fourth-order valence-corrected chi connectivity index (χ4v) is 0.893. The second-order valence-electron chi connectivity index (χ2n) is 3.25. The maximum Gasteiger partial charge on any atom is 0.303 e. The molecule has 0 aliphatic rings. The molecule has 3 heteroatoms. The topological polar surface area (TPSA) is 54.4 Å². The second-order valence-corrected chi connectivity index (χ2v) is 3.25. The quantitative estimate of drug-likeness (QED) is 0.643. The minimum Gasteiger partial charge on any atom is -0.481 e. The van der Waals surface area contributed by atoms with E-state index in [0.29, 0.717) is 6.42 Å². The number of aliphatic carboxylic acids is 1. The molecule has 0 bridgehead atoms. The molecule has 0 atom stereocenters. The SMILES string of the molecule is CC(C)=CCCC(=O)CCC(=O)O. The van der Waals surface area contributed by atoms with Gasteiger partial charge in [0.15, 0.2) is 0 Å². The maximum absolute atomic E-state index is 11.0. The largest absolute Gasteiger partial charge is 0.481 e. The van der Waals surface area contributed by atoms with Crippen LogP contribution in [0.1, 0.15) is 39.5 Å². The number of hydrogen-bond acceptors (Lipinski definition) is 2. The molecule has 0 unspecified atom stereocenters. The van der Waals surface area contributed by atoms with E-state index in [0.717, 1.165) is 6.42 Å². The summed E-state index contributed by atoms with van der Waals surface area (Å²) in [6.45, 7) is 3.95. The zero-order chi connectivity index (χ0) is 10.3. The Balaban J connectivity index is 3.52. The highest BCUT2D eigenvalue weighted by molar-refractivity contribution is 5.82. The van der Waals surface area contributed by atoms with Crippen LogP contribution >= 0.6 is 0 Å². The summed E-state index contributed by atoms with van der Waals surface area (Å²) in [4.78, 5) is 21.2. The molecule has 0 aliphatic heterocycles. The summed E-state index contributed by atoms with van der Waals surface area (Å²) in [6.07, 6.45) is 3.28. The van der Waals surface area contributed by atoms with E-state index in [9.17, 15) is 9.59 Å². The smallest absolute Gasteiger partial charge is 0.303 e. The van der Waals surface area contributed by atoms with E-state index in [-0.39, 0.29) is 18.6 Å². The molecule has 0 aromatic carbocycles. The van der Waals surface area contributed by atoms with Crippen molar-refractivity contribution in [2.75, 3.05) is 0 Å². The van der Waals surface area contributed by atoms with Gasteiger partial charge in [0.2, 0.25) is 0 Å². The van der Waals surface area contributed by atoms with Gasteiger partial charge >= 0.3 is 5.97 Å². The second kappa shape index (κ2) is 6.40. The van der Waals surface area contributed by atoms with Gasteiger partial charge in [0.1, 0.15) is 5.78 Å². The number of allylic oxidation sites excluding steroid dienone is 2. The van der Waals surface area contributed by atoms with Crippen LogP contribution in [0.25, 0.3) is 0 Å². The lowest BCUT2D eigenvalue weighted by molar-refractivity contribution is -0.138. The molecular weight excluding hydrogens is 168 g/mol. The Morgan fingerprint density at radius 1 is 1.15 bits per heavy atom. The van der Waals surface area contributed by atoms with Gasteiger partial charge in [-0.2, -0.15) is 0 Å². The summed E-state index contributed by atoms with van der Waals surface area (Å²) < 4.78 is 0. The van der Waals surface area contributed by atoms with Crippen molar-refractivity contribution >= 4 is 11.8 Å². The zero-order valence-electron chi connectivity index (χ0n) is 8.17. The summed E-state index contributed by atoms with van der Waals surface area (Å²) in [6, 6.07) is 0. The molecule has 0 spiro atoms. The Kier molecular flexibility index (Phi) is 5.85. The minimum absolute atomic E-state index is 0.0277. The molecule has 13 heavy (non-hydrogen) atoms. The van der Waals surface area contributed by atoms with Crippen molar-refractivity contribution in [2.45, 2.75) is 39.5 Å². The highest BCUT2D eigenvalue weighted by Gasteiger charge is 2.03. The molecule has 0 rings (SSSR count). The molecule has 0 saturated heterocycles. The fourth-order valence-electron chi connectivity index (χ4n) is 0.893. The Bertz CT molecular complexity index is 212. The van der Waals surface area contributed by atoms with Crippen molar-refractivity contribution in [3.63, 3.8) is 0 Å². The average molecular weight is 184 g/mol. The van der Waals surface area contributed by atoms with Crippen molar-refractivity contribution in [1.29, 1.82) is 0 Å². The number of carbonyl (C=O) groups is 2. The standard InChI is InChI=1S/C10H16O3/c1-8(2)4-3-5-9(11)6-7-10(12)13/h4H,3,5-7H2,1-2H3,(H,12,13). The Labute approximate surface area is 78.5 Å². The third kappa shape index (κ3) is 8.79. The number of carboxylic acid groups (broad SMARTS) is 1. The number of ketones is 1. The first-order valence-electron chi connectivity index (χ1n) is 4.39. The Morgan fingerprint density at radius 3 is 2.23 bits per heavy atom. The predicted octanol–water partition coefficient (Wildman–Crippen LogP) is 2.17. The predicted molar refractivity (Wildman–Crippen MR) is 50.5 cm³/mol. The van der Waals surface area contributed by atoms with Gasteiger partial charge in [0.25, 0.3) is 0 Å². The lowest BCUT2D eigenvalue weighted by atomic mass is 10.1. The molecule has 0 saturated carbocycles. The molecular formula is C10H16O3. The van der Waals surface area contributed by atoms with E-state index >= 15 is 0 Å². The van der Waals surface area contributed by atoms with E-state index in [4.69, 9.17) is 5.11 Å². The summed E-state index contributed by atoms with van der Waals surface area (Å²) in [7, 11) is 0. The van der Waals surface area contributed by atoms with E-state index in [1.54, 1.807) is 0 Å². The van der Waals surface area contributed by atoms with Crippen molar-refractivity contribution in [3.8, 4) is 0 Å². The van der Waals surface area contributed by atoms with Gasteiger partial charge in [-0.15, -0.1) is 0 Å². The van der Waals surface area contributed by atoms with Gasteiger partial charge < -0.3 is 5.11 Å². The van der Waals surface area contributed by atoms with Crippen LogP contribution in [-0.4, -0.2) is 16.9 Å². The number of Topliss-reactive ketones (excluding diaryl/α,β-unsaturated/α-hetero) is 1. The summed E-state index contributed by atoms with van der Waals surface area (Å²) in [5, 5.41) is 8.31. The van der Waals surface area contributed by atoms with Gasteiger partial charge in [-0.05, 0) is 20.3 Å². The molecule has 0 heterocycles. The van der Waals surface area contributed by atoms with Crippen molar-refractivity contribution in [1.82, 2.24) is 0 Å². The monoisotopic (exact) mass is 184 g/mol. The molecule has 74 valence electrons. The van der Waals surface area contributed by atoms with Crippen molar-refractivity contribution in [3.05, 3.63) is 11.6 Å². The highest BCUT2D eigenvalue weighted by Crippen LogP contribution is 2.02. The first-order valence-corrected chi connectivity index (χ1v) is 4.39. The van der Waals surface area contributed by atoms with E-state index < -0.39 is 5.97 Å². The maximum atomic E-state index is 11.0. The molecule has 0 aromatic rings. The minimum atomic E-state index is -0.907. The third-order valence-electron chi connectivity index (χ3n) is 1.59. The van der Waals surface area contributed by atoms with Gasteiger partial charge in [-0.25, -0.2) is 0 Å². The lowest BCUT2D eigenvalue weighted by Gasteiger charge is -1.95. The van der Waals surface area contributed by atoms with Gasteiger partial charge in [-0.1, -0.05) is 11.6 Å². The first-order chi connectivity index (χ1) is 6.02. The molecule has 0 amide bonds. The number of rotatable bonds is 6. The van der Waals surface area contributed by atoms with Gasteiger partial charge in [0, 0.05) is 12.8 Å². The first kappa shape index (κ1) is 11.9. The van der Waals surface area contributed by atoms with Crippen LogP contribution in [0, 0.1) is 0 Å². The molecule has 0 aliphatic carbocycles. The van der Waals surface area contributed by atoms with Crippen LogP contribution in [0.2, 0.25) is 0 Å². The fraction of sp³-hybridized carbons (Fsp3) is 0.600. The zero-order valence-corrected chi connectivity index (χ0v) is 8.17. The summed E-state index contributed by atoms with van der Waals surface area (Å²) in [5.41, 5.74) is 1.19. The number of carboxylic acids is 1. The van der Waals surface area contributed by atoms with E-state index in [2.05, 4.69) is 0 Å². The van der Waals surface area contributed by atoms with Crippen LogP contribution in [-0.2, 0) is 9.59 Å².